The van der Waals surface area contributed by atoms with Gasteiger partial charge in [0.05, 0.1) is 29.8 Å². The van der Waals surface area contributed by atoms with Crippen LogP contribution in [0.2, 0.25) is 0 Å². The molecule has 3 fully saturated rings. The van der Waals surface area contributed by atoms with Gasteiger partial charge >= 0.3 is 0 Å². The van der Waals surface area contributed by atoms with Gasteiger partial charge in [-0.2, -0.15) is 0 Å². The third-order valence-electron chi connectivity index (χ3n) is 6.25. The lowest BCUT2D eigenvalue weighted by Gasteiger charge is -2.31. The zero-order valence-electron chi connectivity index (χ0n) is 17.6. The molecule has 3 aliphatic rings. The average Bonchev–Trinajstić information content (AvgIpc) is 3.40. The molecule has 3 rings (SSSR count). The Bertz CT molecular complexity index is 537. The summed E-state index contributed by atoms with van der Waals surface area (Å²) in [5.41, 5.74) is -0.478. The molecule has 0 aromatic heterocycles. The second kappa shape index (κ2) is 10.3. The van der Waals surface area contributed by atoms with Crippen LogP contribution in [0, 0.1) is 17.3 Å². The molecule has 2 heterocycles. The molecule has 2 aliphatic heterocycles. The first-order valence-corrected chi connectivity index (χ1v) is 12.8. The van der Waals surface area contributed by atoms with Crippen LogP contribution >= 0.6 is 23.5 Å². The Balaban J connectivity index is 1.57. The van der Waals surface area contributed by atoms with Crippen molar-refractivity contribution in [3.05, 3.63) is 12.2 Å². The van der Waals surface area contributed by atoms with E-state index in [0.717, 1.165) is 23.8 Å². The van der Waals surface area contributed by atoms with Crippen molar-refractivity contribution in [1.29, 1.82) is 0 Å². The molecule has 28 heavy (non-hydrogen) atoms. The molecule has 4 nitrogen and oxygen atoms in total. The molecule has 0 aromatic rings. The molecule has 0 aromatic carbocycles. The van der Waals surface area contributed by atoms with Crippen molar-refractivity contribution >= 4 is 29.3 Å². The number of hydrogen-bond donors (Lipinski definition) is 0. The number of carbonyl (C=O) groups is 1. The van der Waals surface area contributed by atoms with Crippen molar-refractivity contribution in [2.45, 2.75) is 62.7 Å². The summed E-state index contributed by atoms with van der Waals surface area (Å²) >= 11 is 4.23. The molecular formula is C22H36O4S2. The Morgan fingerprint density at radius 1 is 1.18 bits per heavy atom. The molecule has 1 saturated carbocycles. The van der Waals surface area contributed by atoms with Crippen LogP contribution in [0.4, 0.5) is 0 Å². The molecule has 0 bridgehead atoms. The van der Waals surface area contributed by atoms with Crippen LogP contribution in [-0.2, 0) is 19.0 Å². The minimum Gasteiger partial charge on any atom is -0.384 e. The van der Waals surface area contributed by atoms with Crippen molar-refractivity contribution in [3.8, 4) is 0 Å². The van der Waals surface area contributed by atoms with Gasteiger partial charge in [-0.25, -0.2) is 0 Å². The number of rotatable bonds is 10. The molecule has 0 N–H and O–H groups in total. The third-order valence-corrected chi connectivity index (χ3v) is 9.42. The molecule has 0 amide bonds. The number of carbonyl (C=O) groups excluding carboxylic acids is 1. The highest BCUT2D eigenvalue weighted by molar-refractivity contribution is 8.20. The molecule has 160 valence electrons. The molecule has 0 unspecified atom stereocenters. The standard InChI is InChI=1S/C22H36O4S2/c1-21(2,16-24-3)19(23)9-8-17-10-11-22(25-12-13-26-22)18(17)6-4-5-7-20-27-14-15-28-20/h8-9,17-18,20H,4-7,10-16H2,1-3H3/t17-,18+/m0/s1. The molecule has 2 atom stereocenters. The minimum absolute atomic E-state index is 0.137. The average molecular weight is 429 g/mol. The van der Waals surface area contributed by atoms with Crippen LogP contribution in [-0.4, -0.2) is 54.6 Å². The van der Waals surface area contributed by atoms with Crippen molar-refractivity contribution in [1.82, 2.24) is 0 Å². The predicted octanol–water partition coefficient (Wildman–Crippen LogP) is 4.92. The van der Waals surface area contributed by atoms with Gasteiger partial charge in [-0.3, -0.25) is 4.79 Å². The van der Waals surface area contributed by atoms with E-state index in [-0.39, 0.29) is 5.78 Å². The summed E-state index contributed by atoms with van der Waals surface area (Å²) in [6.45, 7) is 5.72. The molecule has 1 spiro atoms. The number of hydrogen-bond acceptors (Lipinski definition) is 6. The van der Waals surface area contributed by atoms with E-state index < -0.39 is 11.2 Å². The highest BCUT2D eigenvalue weighted by Gasteiger charge is 2.51. The summed E-state index contributed by atoms with van der Waals surface area (Å²) in [5.74, 6) is 3.06. The van der Waals surface area contributed by atoms with Crippen LogP contribution < -0.4 is 0 Å². The minimum atomic E-state index is -0.478. The number of ether oxygens (including phenoxy) is 3. The lowest BCUT2D eigenvalue weighted by Crippen LogP contribution is -2.36. The molecule has 1 aliphatic carbocycles. The third kappa shape index (κ3) is 5.57. The van der Waals surface area contributed by atoms with Crippen molar-refractivity contribution < 1.29 is 19.0 Å². The quantitative estimate of drug-likeness (QED) is 0.363. The summed E-state index contributed by atoms with van der Waals surface area (Å²) in [5, 5.41) is 0. The van der Waals surface area contributed by atoms with E-state index >= 15 is 0 Å². The lowest BCUT2D eigenvalue weighted by atomic mass is 9.85. The maximum Gasteiger partial charge on any atom is 0.171 e. The van der Waals surface area contributed by atoms with Crippen LogP contribution in [0.25, 0.3) is 0 Å². The second-order valence-corrected chi connectivity index (χ2v) is 11.7. The number of unbranched alkanes of at least 4 members (excludes halogenated alkanes) is 1. The Labute approximate surface area is 178 Å². The number of methoxy groups -OCH3 is 1. The van der Waals surface area contributed by atoms with Gasteiger partial charge in [0.15, 0.2) is 11.6 Å². The fourth-order valence-corrected chi connectivity index (χ4v) is 7.62. The van der Waals surface area contributed by atoms with Gasteiger partial charge < -0.3 is 14.2 Å². The Kier molecular flexibility index (Phi) is 8.37. The highest BCUT2D eigenvalue weighted by Crippen LogP contribution is 2.49. The maximum absolute atomic E-state index is 12.6. The van der Waals surface area contributed by atoms with Gasteiger partial charge in [-0.1, -0.05) is 32.8 Å². The van der Waals surface area contributed by atoms with Gasteiger partial charge in [0, 0.05) is 31.0 Å². The SMILES string of the molecule is COCC(C)(C)C(=O)C=C[C@H]1CCC2(OCCO2)[C@@H]1CCCCC1SCCS1. The molecule has 0 radical (unpaired) electrons. The Morgan fingerprint density at radius 2 is 1.86 bits per heavy atom. The Hall–Kier alpha value is -0.0100. The summed E-state index contributed by atoms with van der Waals surface area (Å²) in [6.07, 6.45) is 10.8. The van der Waals surface area contributed by atoms with E-state index in [0.29, 0.717) is 31.7 Å². The van der Waals surface area contributed by atoms with E-state index in [1.165, 1.54) is 30.8 Å². The number of allylic oxidation sites excluding steroid dienone is 2. The van der Waals surface area contributed by atoms with E-state index in [1.807, 2.05) is 13.8 Å². The molecule has 2 saturated heterocycles. The van der Waals surface area contributed by atoms with E-state index in [4.69, 9.17) is 14.2 Å². The summed E-state index contributed by atoms with van der Waals surface area (Å²) in [4.78, 5) is 12.6. The first-order valence-electron chi connectivity index (χ1n) is 10.7. The fraction of sp³-hybridized carbons (Fsp3) is 0.864. The largest absolute Gasteiger partial charge is 0.384 e. The first-order chi connectivity index (χ1) is 13.5. The summed E-state index contributed by atoms with van der Waals surface area (Å²) in [6, 6.07) is 0. The van der Waals surface area contributed by atoms with Gasteiger partial charge in [-0.15, -0.1) is 23.5 Å². The number of ketones is 1. The normalized spacial score (nSPS) is 28.1. The molecule has 6 heteroatoms. The van der Waals surface area contributed by atoms with Gasteiger partial charge in [-0.05, 0) is 31.3 Å². The maximum atomic E-state index is 12.6. The van der Waals surface area contributed by atoms with E-state index in [2.05, 4.69) is 29.6 Å². The predicted molar refractivity (Wildman–Crippen MR) is 118 cm³/mol. The van der Waals surface area contributed by atoms with Crippen LogP contribution in [0.5, 0.6) is 0 Å². The first kappa shape index (κ1) is 22.7. The van der Waals surface area contributed by atoms with Crippen LogP contribution in [0.3, 0.4) is 0 Å². The van der Waals surface area contributed by atoms with Gasteiger partial charge in [0.2, 0.25) is 0 Å². The fourth-order valence-electron chi connectivity index (χ4n) is 4.69. The number of thioether (sulfide) groups is 2. The van der Waals surface area contributed by atoms with Crippen molar-refractivity contribution in [2.75, 3.05) is 38.4 Å². The zero-order valence-corrected chi connectivity index (χ0v) is 19.2. The lowest BCUT2D eigenvalue weighted by molar-refractivity contribution is -0.186. The van der Waals surface area contributed by atoms with E-state index in [9.17, 15) is 4.79 Å². The van der Waals surface area contributed by atoms with Crippen LogP contribution in [0.1, 0.15) is 52.4 Å². The monoisotopic (exact) mass is 428 g/mol. The summed E-state index contributed by atoms with van der Waals surface area (Å²) in [7, 11) is 1.65. The highest BCUT2D eigenvalue weighted by atomic mass is 32.2. The smallest absolute Gasteiger partial charge is 0.171 e. The Morgan fingerprint density at radius 3 is 2.54 bits per heavy atom. The second-order valence-electron chi connectivity index (χ2n) is 8.81. The molecular weight excluding hydrogens is 392 g/mol. The van der Waals surface area contributed by atoms with E-state index in [1.54, 1.807) is 13.2 Å². The van der Waals surface area contributed by atoms with Gasteiger partial charge in [0.25, 0.3) is 0 Å². The summed E-state index contributed by atoms with van der Waals surface area (Å²) < 4.78 is 18.2. The van der Waals surface area contributed by atoms with Crippen molar-refractivity contribution in [2.24, 2.45) is 17.3 Å². The van der Waals surface area contributed by atoms with Crippen molar-refractivity contribution in [3.63, 3.8) is 0 Å². The zero-order chi connectivity index (χ0) is 20.0. The van der Waals surface area contributed by atoms with Crippen LogP contribution in [0.15, 0.2) is 12.2 Å². The topological polar surface area (TPSA) is 44.8 Å². The van der Waals surface area contributed by atoms with Gasteiger partial charge in [0.1, 0.15) is 0 Å².